The number of carbonyl (C=O) groups is 1. The third kappa shape index (κ3) is 2.50. The van der Waals surface area contributed by atoms with Crippen LogP contribution in [0.25, 0.3) is 0 Å². The number of benzene rings is 1. The van der Waals surface area contributed by atoms with Crippen LogP contribution >= 0.6 is 0 Å². The third-order valence-corrected chi connectivity index (χ3v) is 3.55. The molecule has 1 aromatic carbocycles. The second kappa shape index (κ2) is 4.88. The van der Waals surface area contributed by atoms with Crippen LogP contribution in [-0.2, 0) is 9.53 Å². The topological polar surface area (TPSA) is 38.3 Å². The number of nitrogens with one attached hydrogen (secondary N) is 1. The van der Waals surface area contributed by atoms with Gasteiger partial charge in [-0.3, -0.25) is 10.1 Å². The average molecular weight is 233 g/mol. The number of carbonyl (C=O) groups excluding carboxylic acids is 1. The minimum absolute atomic E-state index is 0.00275. The highest BCUT2D eigenvalue weighted by atomic mass is 16.6. The van der Waals surface area contributed by atoms with Crippen molar-refractivity contribution in [1.82, 2.24) is 5.32 Å². The maximum Gasteiger partial charge on any atom is 0.323 e. The molecule has 3 heteroatoms. The number of rotatable bonds is 3. The highest BCUT2D eigenvalue weighted by Crippen LogP contribution is 2.24. The number of ether oxygens (including phenoxy) is 1. The summed E-state index contributed by atoms with van der Waals surface area (Å²) in [5.74, 6) is 0.0847. The Labute approximate surface area is 102 Å². The van der Waals surface area contributed by atoms with Crippen molar-refractivity contribution in [2.45, 2.75) is 39.0 Å². The Balaban J connectivity index is 2.04. The van der Waals surface area contributed by atoms with Crippen molar-refractivity contribution in [2.75, 3.05) is 0 Å². The quantitative estimate of drug-likeness (QED) is 0.814. The second-order valence-corrected chi connectivity index (χ2v) is 4.78. The maximum atomic E-state index is 11.7. The molecule has 0 amide bonds. The van der Waals surface area contributed by atoms with E-state index in [-0.39, 0.29) is 30.1 Å². The zero-order chi connectivity index (χ0) is 12.4. The van der Waals surface area contributed by atoms with Gasteiger partial charge in [0.25, 0.3) is 0 Å². The number of cyclic esters (lactones) is 1. The first-order chi connectivity index (χ1) is 8.09. The summed E-state index contributed by atoms with van der Waals surface area (Å²) in [5.41, 5.74) is 1.19. The van der Waals surface area contributed by atoms with Crippen LogP contribution in [-0.4, -0.2) is 18.1 Å². The number of hydrogen-bond donors (Lipinski definition) is 1. The van der Waals surface area contributed by atoms with Gasteiger partial charge in [-0.2, -0.15) is 0 Å². The lowest BCUT2D eigenvalue weighted by atomic mass is 9.98. The van der Waals surface area contributed by atoms with E-state index >= 15 is 0 Å². The molecular weight excluding hydrogens is 214 g/mol. The predicted octanol–water partition coefficient (Wildman–Crippen LogP) is 2.29. The third-order valence-electron chi connectivity index (χ3n) is 3.55. The Bertz CT molecular complexity index is 390. The molecule has 4 atom stereocenters. The smallest absolute Gasteiger partial charge is 0.323 e. The van der Waals surface area contributed by atoms with Crippen molar-refractivity contribution < 1.29 is 9.53 Å². The number of hydrogen-bond acceptors (Lipinski definition) is 3. The SMILES string of the molecule is C[C@H]1[C@H](C)OC(=O)[C@H]1N[C@@H](C)c1ccccc1. The first kappa shape index (κ1) is 12.1. The van der Waals surface area contributed by atoms with E-state index in [1.165, 1.54) is 5.56 Å². The first-order valence-corrected chi connectivity index (χ1v) is 6.11. The van der Waals surface area contributed by atoms with Crippen LogP contribution in [0.3, 0.4) is 0 Å². The second-order valence-electron chi connectivity index (χ2n) is 4.78. The molecule has 0 unspecified atom stereocenters. The van der Waals surface area contributed by atoms with Crippen LogP contribution < -0.4 is 5.32 Å². The lowest BCUT2D eigenvalue weighted by Crippen LogP contribution is -2.39. The zero-order valence-electron chi connectivity index (χ0n) is 10.5. The summed E-state index contributed by atoms with van der Waals surface area (Å²) < 4.78 is 5.22. The van der Waals surface area contributed by atoms with Crippen LogP contribution in [0.15, 0.2) is 30.3 Å². The van der Waals surface area contributed by atoms with Crippen molar-refractivity contribution in [1.29, 1.82) is 0 Å². The number of esters is 1. The average Bonchev–Trinajstić information content (AvgIpc) is 2.57. The monoisotopic (exact) mass is 233 g/mol. The van der Waals surface area contributed by atoms with E-state index in [9.17, 15) is 4.79 Å². The summed E-state index contributed by atoms with van der Waals surface area (Å²) in [6, 6.07) is 10.1. The van der Waals surface area contributed by atoms with Gasteiger partial charge in [-0.1, -0.05) is 37.3 Å². The molecule has 0 radical (unpaired) electrons. The standard InChI is InChI=1S/C14H19NO2/c1-9-11(3)17-14(16)13(9)15-10(2)12-7-5-4-6-8-12/h4-11,13,15H,1-3H3/t9-,10-,11-,13-/m0/s1. The van der Waals surface area contributed by atoms with Gasteiger partial charge >= 0.3 is 5.97 Å². The van der Waals surface area contributed by atoms with Gasteiger partial charge in [-0.15, -0.1) is 0 Å². The minimum Gasteiger partial charge on any atom is -0.461 e. The molecule has 0 aliphatic carbocycles. The van der Waals surface area contributed by atoms with E-state index in [1.807, 2.05) is 32.0 Å². The summed E-state index contributed by atoms with van der Waals surface area (Å²) >= 11 is 0. The van der Waals surface area contributed by atoms with Gasteiger partial charge in [-0.05, 0) is 19.4 Å². The van der Waals surface area contributed by atoms with E-state index < -0.39 is 0 Å². The van der Waals surface area contributed by atoms with E-state index in [2.05, 4.69) is 24.4 Å². The van der Waals surface area contributed by atoms with Crippen molar-refractivity contribution in [2.24, 2.45) is 5.92 Å². The molecular formula is C14H19NO2. The molecule has 1 heterocycles. The van der Waals surface area contributed by atoms with Crippen molar-refractivity contribution in [3.05, 3.63) is 35.9 Å². The molecule has 0 bridgehead atoms. The lowest BCUT2D eigenvalue weighted by Gasteiger charge is -2.20. The van der Waals surface area contributed by atoms with Gasteiger partial charge < -0.3 is 4.74 Å². The fourth-order valence-corrected chi connectivity index (χ4v) is 2.18. The Morgan fingerprint density at radius 3 is 2.41 bits per heavy atom. The summed E-state index contributed by atoms with van der Waals surface area (Å²) in [5, 5.41) is 3.35. The van der Waals surface area contributed by atoms with Crippen molar-refractivity contribution >= 4 is 5.97 Å². The molecule has 2 rings (SSSR count). The molecule has 0 saturated carbocycles. The molecule has 3 nitrogen and oxygen atoms in total. The minimum atomic E-state index is -0.194. The maximum absolute atomic E-state index is 11.7. The summed E-state index contributed by atoms with van der Waals surface area (Å²) in [6.45, 7) is 6.06. The molecule has 0 aromatic heterocycles. The lowest BCUT2D eigenvalue weighted by molar-refractivity contribution is -0.142. The Hall–Kier alpha value is -1.35. The van der Waals surface area contributed by atoms with Gasteiger partial charge in [0, 0.05) is 12.0 Å². The molecule has 17 heavy (non-hydrogen) atoms. The van der Waals surface area contributed by atoms with Crippen molar-refractivity contribution in [3.63, 3.8) is 0 Å². The largest absolute Gasteiger partial charge is 0.461 e. The van der Waals surface area contributed by atoms with Gasteiger partial charge in [0.15, 0.2) is 0 Å². The molecule has 92 valence electrons. The molecule has 1 aliphatic rings. The highest BCUT2D eigenvalue weighted by Gasteiger charge is 2.39. The molecule has 0 spiro atoms. The van der Waals surface area contributed by atoms with Crippen LogP contribution in [0.1, 0.15) is 32.4 Å². The zero-order valence-corrected chi connectivity index (χ0v) is 10.5. The summed E-state index contributed by atoms with van der Waals surface area (Å²) in [6.07, 6.45) is 0.00275. The molecule has 1 aromatic rings. The van der Waals surface area contributed by atoms with E-state index in [0.29, 0.717) is 0 Å². The molecule has 1 N–H and O–H groups in total. The van der Waals surface area contributed by atoms with Crippen LogP contribution in [0.5, 0.6) is 0 Å². The van der Waals surface area contributed by atoms with Crippen LogP contribution in [0.2, 0.25) is 0 Å². The van der Waals surface area contributed by atoms with Gasteiger partial charge in [0.05, 0.1) is 0 Å². The summed E-state index contributed by atoms with van der Waals surface area (Å²) in [7, 11) is 0. The van der Waals surface area contributed by atoms with Crippen LogP contribution in [0.4, 0.5) is 0 Å². The summed E-state index contributed by atoms with van der Waals surface area (Å²) in [4.78, 5) is 11.7. The van der Waals surface area contributed by atoms with E-state index in [1.54, 1.807) is 0 Å². The first-order valence-electron chi connectivity index (χ1n) is 6.11. The van der Waals surface area contributed by atoms with Crippen LogP contribution in [0, 0.1) is 5.92 Å². The van der Waals surface area contributed by atoms with Gasteiger partial charge in [0.1, 0.15) is 12.1 Å². The normalized spacial score (nSPS) is 30.1. The fraction of sp³-hybridized carbons (Fsp3) is 0.500. The Kier molecular flexibility index (Phi) is 3.48. The molecule has 1 aliphatic heterocycles. The van der Waals surface area contributed by atoms with Crippen molar-refractivity contribution in [3.8, 4) is 0 Å². The fourth-order valence-electron chi connectivity index (χ4n) is 2.18. The van der Waals surface area contributed by atoms with Gasteiger partial charge in [-0.25, -0.2) is 0 Å². The van der Waals surface area contributed by atoms with E-state index in [0.717, 1.165) is 0 Å². The van der Waals surface area contributed by atoms with E-state index in [4.69, 9.17) is 4.74 Å². The molecule has 1 fully saturated rings. The highest BCUT2D eigenvalue weighted by molar-refractivity contribution is 5.78. The predicted molar refractivity (Wildman–Crippen MR) is 66.5 cm³/mol. The van der Waals surface area contributed by atoms with Gasteiger partial charge in [0.2, 0.25) is 0 Å². The Morgan fingerprint density at radius 2 is 1.88 bits per heavy atom. The Morgan fingerprint density at radius 1 is 1.24 bits per heavy atom. The molecule has 1 saturated heterocycles.